The lowest BCUT2D eigenvalue weighted by molar-refractivity contribution is 0.979. The molecule has 0 atom stereocenters. The van der Waals surface area contributed by atoms with Crippen LogP contribution in [-0.2, 0) is 0 Å². The van der Waals surface area contributed by atoms with Gasteiger partial charge in [0.1, 0.15) is 0 Å². The van der Waals surface area contributed by atoms with Crippen LogP contribution in [0.25, 0.3) is 0 Å². The molecule has 0 aromatic heterocycles. The minimum Gasteiger partial charge on any atom is -0.363 e. The number of thiocarbonyl (C=S) groups is 1. The highest BCUT2D eigenvalue weighted by Gasteiger charge is 2.03. The Bertz CT molecular complexity index is 412. The van der Waals surface area contributed by atoms with E-state index in [1.165, 1.54) is 0 Å². The van der Waals surface area contributed by atoms with Crippen molar-refractivity contribution in [3.63, 3.8) is 0 Å². The molecule has 0 aliphatic heterocycles. The highest BCUT2D eigenvalue weighted by molar-refractivity contribution is 7.80. The zero-order chi connectivity index (χ0) is 11.3. The second-order valence-electron chi connectivity index (χ2n) is 2.79. The number of nitrogens with zero attached hydrogens (tertiary/aromatic N) is 1. The lowest BCUT2D eigenvalue weighted by Gasteiger charge is -2.10. The van der Waals surface area contributed by atoms with E-state index >= 15 is 0 Å². The number of benzene rings is 1. The molecule has 0 unspecified atom stereocenters. The summed E-state index contributed by atoms with van der Waals surface area (Å²) in [4.78, 5) is 0. The number of hydrogen-bond acceptors (Lipinski definition) is 2. The maximum atomic E-state index is 8.72. The summed E-state index contributed by atoms with van der Waals surface area (Å²) in [5.41, 5.74) is 1.18. The summed E-state index contributed by atoms with van der Waals surface area (Å²) in [5.74, 6) is 0. The average molecular weight is 240 g/mol. The number of halogens is 1. The molecule has 0 saturated carbocycles. The minimum atomic E-state index is 0.495. The SMILES string of the molecule is CCNC(=S)Nc1cc(C#N)ccc1Cl. The summed E-state index contributed by atoms with van der Waals surface area (Å²) in [7, 11) is 0. The van der Waals surface area contributed by atoms with Gasteiger partial charge < -0.3 is 10.6 Å². The van der Waals surface area contributed by atoms with Crippen molar-refractivity contribution in [2.45, 2.75) is 6.92 Å². The fourth-order valence-corrected chi connectivity index (χ4v) is 1.44. The zero-order valence-electron chi connectivity index (χ0n) is 8.17. The van der Waals surface area contributed by atoms with Crippen LogP contribution in [0.15, 0.2) is 18.2 Å². The Morgan fingerprint density at radius 2 is 2.33 bits per heavy atom. The van der Waals surface area contributed by atoms with Crippen LogP contribution in [0.4, 0.5) is 5.69 Å². The molecular formula is C10H10ClN3S. The first kappa shape index (κ1) is 11.8. The first-order valence-corrected chi connectivity index (χ1v) is 5.20. The van der Waals surface area contributed by atoms with Gasteiger partial charge in [-0.05, 0) is 37.3 Å². The highest BCUT2D eigenvalue weighted by Crippen LogP contribution is 2.22. The number of rotatable bonds is 2. The van der Waals surface area contributed by atoms with Gasteiger partial charge in [-0.3, -0.25) is 0 Å². The Morgan fingerprint density at radius 3 is 2.93 bits per heavy atom. The fourth-order valence-electron chi connectivity index (χ4n) is 1.02. The molecule has 0 fully saturated rings. The molecule has 0 aliphatic carbocycles. The van der Waals surface area contributed by atoms with Gasteiger partial charge in [-0.15, -0.1) is 0 Å². The van der Waals surface area contributed by atoms with Crippen molar-refractivity contribution in [1.29, 1.82) is 5.26 Å². The van der Waals surface area contributed by atoms with Gasteiger partial charge in [-0.25, -0.2) is 0 Å². The van der Waals surface area contributed by atoms with Crippen molar-refractivity contribution in [3.8, 4) is 6.07 Å². The van der Waals surface area contributed by atoms with Crippen LogP contribution in [0, 0.1) is 11.3 Å². The van der Waals surface area contributed by atoms with E-state index in [1.807, 2.05) is 13.0 Å². The predicted molar refractivity (Wildman–Crippen MR) is 66.1 cm³/mol. The summed E-state index contributed by atoms with van der Waals surface area (Å²) >= 11 is 10.9. The number of nitriles is 1. The van der Waals surface area contributed by atoms with E-state index in [4.69, 9.17) is 29.1 Å². The van der Waals surface area contributed by atoms with Crippen LogP contribution < -0.4 is 10.6 Å². The molecule has 5 heteroatoms. The van der Waals surface area contributed by atoms with Crippen LogP contribution in [0.5, 0.6) is 0 Å². The molecule has 0 spiro atoms. The van der Waals surface area contributed by atoms with Crippen molar-refractivity contribution in [1.82, 2.24) is 5.32 Å². The van der Waals surface area contributed by atoms with Crippen molar-refractivity contribution >= 4 is 34.6 Å². The van der Waals surface area contributed by atoms with E-state index in [1.54, 1.807) is 18.2 Å². The largest absolute Gasteiger partial charge is 0.363 e. The Balaban J connectivity index is 2.85. The molecule has 0 heterocycles. The second kappa shape index (κ2) is 5.54. The van der Waals surface area contributed by atoms with Gasteiger partial charge >= 0.3 is 0 Å². The van der Waals surface area contributed by atoms with Crippen molar-refractivity contribution < 1.29 is 0 Å². The third kappa shape index (κ3) is 3.39. The Kier molecular flexibility index (Phi) is 4.35. The summed E-state index contributed by atoms with van der Waals surface area (Å²) in [6, 6.07) is 7.02. The third-order valence-corrected chi connectivity index (χ3v) is 2.26. The van der Waals surface area contributed by atoms with Gasteiger partial charge in [0.15, 0.2) is 5.11 Å². The molecular weight excluding hydrogens is 230 g/mol. The Hall–Kier alpha value is -1.31. The molecule has 1 rings (SSSR count). The molecule has 0 saturated heterocycles. The van der Waals surface area contributed by atoms with Crippen LogP contribution >= 0.6 is 23.8 Å². The van der Waals surface area contributed by atoms with Crippen molar-refractivity contribution in [2.24, 2.45) is 0 Å². The molecule has 0 amide bonds. The monoisotopic (exact) mass is 239 g/mol. The third-order valence-electron chi connectivity index (χ3n) is 1.68. The molecule has 0 bridgehead atoms. The number of hydrogen-bond donors (Lipinski definition) is 2. The second-order valence-corrected chi connectivity index (χ2v) is 3.61. The summed E-state index contributed by atoms with van der Waals surface area (Å²) in [6.07, 6.45) is 0. The lowest BCUT2D eigenvalue weighted by Crippen LogP contribution is -2.28. The maximum Gasteiger partial charge on any atom is 0.170 e. The van der Waals surface area contributed by atoms with Crippen LogP contribution in [-0.4, -0.2) is 11.7 Å². The fraction of sp³-hybridized carbons (Fsp3) is 0.200. The van der Waals surface area contributed by atoms with Gasteiger partial charge in [0.25, 0.3) is 0 Å². The predicted octanol–water partition coefficient (Wildman–Crippen LogP) is 2.52. The maximum absolute atomic E-state index is 8.72. The van der Waals surface area contributed by atoms with Gasteiger partial charge in [0.2, 0.25) is 0 Å². The smallest absolute Gasteiger partial charge is 0.170 e. The number of nitrogens with one attached hydrogen (secondary N) is 2. The summed E-state index contributed by atoms with van der Waals surface area (Å²) in [5, 5.41) is 15.6. The van der Waals surface area contributed by atoms with Gasteiger partial charge in [0, 0.05) is 6.54 Å². The standard InChI is InChI=1S/C10H10ClN3S/c1-2-13-10(15)14-9-5-7(6-12)3-4-8(9)11/h3-5H,2H2,1H3,(H2,13,14,15). The van der Waals surface area contributed by atoms with E-state index < -0.39 is 0 Å². The molecule has 15 heavy (non-hydrogen) atoms. The molecule has 1 aromatic carbocycles. The van der Waals surface area contributed by atoms with Crippen molar-refractivity contribution in [2.75, 3.05) is 11.9 Å². The van der Waals surface area contributed by atoms with E-state index in [0.717, 1.165) is 6.54 Å². The Labute approximate surface area is 99.0 Å². The normalized spacial score (nSPS) is 9.13. The molecule has 0 aliphatic rings. The molecule has 3 nitrogen and oxygen atoms in total. The first-order valence-electron chi connectivity index (χ1n) is 4.42. The van der Waals surface area contributed by atoms with Crippen LogP contribution in [0.2, 0.25) is 5.02 Å². The van der Waals surface area contributed by atoms with E-state index in [9.17, 15) is 0 Å². The molecule has 0 radical (unpaired) electrons. The van der Waals surface area contributed by atoms with E-state index in [0.29, 0.717) is 21.4 Å². The summed E-state index contributed by atoms with van der Waals surface area (Å²) < 4.78 is 0. The quantitative estimate of drug-likeness (QED) is 0.779. The van der Waals surface area contributed by atoms with E-state index in [2.05, 4.69) is 10.6 Å². The van der Waals surface area contributed by atoms with E-state index in [-0.39, 0.29) is 0 Å². The highest BCUT2D eigenvalue weighted by atomic mass is 35.5. The zero-order valence-corrected chi connectivity index (χ0v) is 9.75. The molecule has 2 N–H and O–H groups in total. The summed E-state index contributed by atoms with van der Waals surface area (Å²) in [6.45, 7) is 2.68. The Morgan fingerprint density at radius 1 is 1.60 bits per heavy atom. The lowest BCUT2D eigenvalue weighted by atomic mass is 10.2. The topological polar surface area (TPSA) is 47.8 Å². The van der Waals surface area contributed by atoms with Crippen LogP contribution in [0.1, 0.15) is 12.5 Å². The number of anilines is 1. The first-order chi connectivity index (χ1) is 7.17. The van der Waals surface area contributed by atoms with Crippen LogP contribution in [0.3, 0.4) is 0 Å². The molecule has 1 aromatic rings. The van der Waals surface area contributed by atoms with Gasteiger partial charge in [-0.1, -0.05) is 11.6 Å². The minimum absolute atomic E-state index is 0.495. The van der Waals surface area contributed by atoms with Gasteiger partial charge in [-0.2, -0.15) is 5.26 Å². The van der Waals surface area contributed by atoms with Gasteiger partial charge in [0.05, 0.1) is 22.3 Å². The molecule has 78 valence electrons. The average Bonchev–Trinajstić information content (AvgIpc) is 2.21. The van der Waals surface area contributed by atoms with Crippen molar-refractivity contribution in [3.05, 3.63) is 28.8 Å².